The molecule has 0 radical (unpaired) electrons. The van der Waals surface area contributed by atoms with E-state index < -0.39 is 0 Å². The lowest BCUT2D eigenvalue weighted by Crippen LogP contribution is -2.43. The molecular formula is C28H36N4O4. The van der Waals surface area contributed by atoms with Crippen molar-refractivity contribution in [2.24, 2.45) is 0 Å². The number of benzene rings is 1. The van der Waals surface area contributed by atoms with Crippen LogP contribution < -0.4 is 14.4 Å². The highest BCUT2D eigenvalue weighted by atomic mass is 16.7. The van der Waals surface area contributed by atoms with Crippen molar-refractivity contribution >= 4 is 17.5 Å². The number of rotatable bonds is 10. The van der Waals surface area contributed by atoms with Gasteiger partial charge in [-0.2, -0.15) is 0 Å². The number of pyridine rings is 1. The summed E-state index contributed by atoms with van der Waals surface area (Å²) < 4.78 is 11.1. The van der Waals surface area contributed by atoms with E-state index in [0.717, 1.165) is 68.9 Å². The minimum Gasteiger partial charge on any atom is -0.454 e. The van der Waals surface area contributed by atoms with E-state index in [2.05, 4.69) is 28.9 Å². The molecule has 3 aliphatic rings. The van der Waals surface area contributed by atoms with Crippen LogP contribution in [-0.4, -0.2) is 72.2 Å². The number of aromatic nitrogens is 1. The molecule has 0 aliphatic carbocycles. The molecule has 192 valence electrons. The van der Waals surface area contributed by atoms with Crippen molar-refractivity contribution in [2.75, 3.05) is 44.4 Å². The molecule has 1 aromatic carbocycles. The number of anilines is 1. The first kappa shape index (κ1) is 24.6. The van der Waals surface area contributed by atoms with Crippen molar-refractivity contribution in [1.29, 1.82) is 0 Å². The average Bonchev–Trinajstić information content (AvgIpc) is 3.63. The summed E-state index contributed by atoms with van der Waals surface area (Å²) in [6.07, 6.45) is 8.90. The van der Waals surface area contributed by atoms with Gasteiger partial charge in [-0.15, -0.1) is 0 Å². The second-order valence-corrected chi connectivity index (χ2v) is 10.0. The molecule has 0 N–H and O–H groups in total. The van der Waals surface area contributed by atoms with Crippen molar-refractivity contribution in [1.82, 2.24) is 14.8 Å². The Hall–Kier alpha value is -3.13. The zero-order chi connectivity index (χ0) is 24.9. The number of likely N-dealkylation sites (tertiary alicyclic amines) is 2. The monoisotopic (exact) mass is 492 g/mol. The molecule has 2 aromatic rings. The number of unbranched alkanes of at least 4 members (excludes halogenated alkanes) is 1. The zero-order valence-corrected chi connectivity index (χ0v) is 21.1. The molecule has 1 aromatic heterocycles. The highest BCUT2D eigenvalue weighted by Gasteiger charge is 2.36. The van der Waals surface area contributed by atoms with Gasteiger partial charge in [-0.3, -0.25) is 19.5 Å². The lowest BCUT2D eigenvalue weighted by molar-refractivity contribution is -0.128. The van der Waals surface area contributed by atoms with Gasteiger partial charge in [0.15, 0.2) is 11.5 Å². The standard InChI is InChI=1S/C28H36N4O4/c1-2-3-13-32(24-6-4-11-29-17-24)28(34)19-31-18-22(21-8-9-25-26(16-21)36-20-35-25)15-23(31)10-14-30-12-5-7-27(30)33/h4,6,8-9,11,16-17,22-23H,2-3,5,7,10,12-15,18-20H2,1H3. The Balaban J connectivity index is 1.32. The van der Waals surface area contributed by atoms with Crippen LogP contribution in [0, 0.1) is 0 Å². The summed E-state index contributed by atoms with van der Waals surface area (Å²) in [6.45, 7) is 5.85. The first-order valence-electron chi connectivity index (χ1n) is 13.2. The predicted molar refractivity (Wildman–Crippen MR) is 137 cm³/mol. The van der Waals surface area contributed by atoms with E-state index >= 15 is 0 Å². The highest BCUT2D eigenvalue weighted by molar-refractivity contribution is 5.94. The Morgan fingerprint density at radius 3 is 2.89 bits per heavy atom. The van der Waals surface area contributed by atoms with Gasteiger partial charge in [0.1, 0.15) is 0 Å². The number of amides is 2. The van der Waals surface area contributed by atoms with Crippen LogP contribution in [0.5, 0.6) is 11.5 Å². The third-order valence-corrected chi connectivity index (χ3v) is 7.63. The van der Waals surface area contributed by atoms with Gasteiger partial charge in [0.2, 0.25) is 18.6 Å². The molecule has 8 heteroatoms. The number of hydrogen-bond acceptors (Lipinski definition) is 6. The van der Waals surface area contributed by atoms with E-state index in [4.69, 9.17) is 9.47 Å². The van der Waals surface area contributed by atoms with Gasteiger partial charge in [-0.25, -0.2) is 0 Å². The first-order valence-corrected chi connectivity index (χ1v) is 13.2. The van der Waals surface area contributed by atoms with E-state index in [1.165, 1.54) is 5.56 Å². The molecular weight excluding hydrogens is 456 g/mol. The Labute approximate surface area is 213 Å². The van der Waals surface area contributed by atoms with E-state index in [9.17, 15) is 9.59 Å². The fraction of sp³-hybridized carbons (Fsp3) is 0.536. The smallest absolute Gasteiger partial charge is 0.241 e. The zero-order valence-electron chi connectivity index (χ0n) is 21.1. The second kappa shape index (κ2) is 11.3. The molecule has 2 amide bonds. The van der Waals surface area contributed by atoms with Crippen LogP contribution in [0.25, 0.3) is 0 Å². The molecule has 0 spiro atoms. The van der Waals surface area contributed by atoms with Crippen molar-refractivity contribution in [3.05, 3.63) is 48.3 Å². The minimum atomic E-state index is 0.102. The number of ether oxygens (including phenoxy) is 2. The number of nitrogens with zero attached hydrogens (tertiary/aromatic N) is 4. The van der Waals surface area contributed by atoms with Gasteiger partial charge in [0, 0.05) is 44.8 Å². The molecule has 4 heterocycles. The number of carbonyl (C=O) groups is 2. The summed E-state index contributed by atoms with van der Waals surface area (Å²) in [7, 11) is 0. The molecule has 2 unspecified atom stereocenters. The van der Waals surface area contributed by atoms with Crippen molar-refractivity contribution in [3.63, 3.8) is 0 Å². The predicted octanol–water partition coefficient (Wildman–Crippen LogP) is 3.81. The van der Waals surface area contributed by atoms with E-state index in [1.807, 2.05) is 28.0 Å². The highest BCUT2D eigenvalue weighted by Crippen LogP contribution is 2.39. The number of hydrogen-bond donors (Lipinski definition) is 0. The minimum absolute atomic E-state index is 0.102. The molecule has 8 nitrogen and oxygen atoms in total. The Kier molecular flexibility index (Phi) is 7.70. The lowest BCUT2D eigenvalue weighted by Gasteiger charge is -2.29. The van der Waals surface area contributed by atoms with Crippen LogP contribution in [-0.2, 0) is 9.59 Å². The topological polar surface area (TPSA) is 75.2 Å². The van der Waals surface area contributed by atoms with Crippen LogP contribution >= 0.6 is 0 Å². The van der Waals surface area contributed by atoms with Crippen molar-refractivity contribution < 1.29 is 19.1 Å². The number of carbonyl (C=O) groups excluding carboxylic acids is 2. The SMILES string of the molecule is CCCCN(C(=O)CN1CC(c2ccc3c(c2)OCO3)CC1CCN1CCCC1=O)c1cccnc1. The van der Waals surface area contributed by atoms with Crippen LogP contribution in [0.3, 0.4) is 0 Å². The third kappa shape index (κ3) is 5.48. The Bertz CT molecular complexity index is 1060. The molecule has 0 bridgehead atoms. The van der Waals surface area contributed by atoms with Crippen LogP contribution in [0.2, 0.25) is 0 Å². The second-order valence-electron chi connectivity index (χ2n) is 10.0. The van der Waals surface area contributed by atoms with Gasteiger partial charge in [0.05, 0.1) is 18.4 Å². The van der Waals surface area contributed by atoms with Gasteiger partial charge >= 0.3 is 0 Å². The molecule has 2 saturated heterocycles. The summed E-state index contributed by atoms with van der Waals surface area (Å²) in [4.78, 5) is 36.2. The quantitative estimate of drug-likeness (QED) is 0.502. The van der Waals surface area contributed by atoms with E-state index in [0.29, 0.717) is 25.4 Å². The maximum absolute atomic E-state index is 13.6. The third-order valence-electron chi connectivity index (χ3n) is 7.63. The average molecular weight is 493 g/mol. The largest absolute Gasteiger partial charge is 0.454 e. The first-order chi connectivity index (χ1) is 17.6. The Morgan fingerprint density at radius 2 is 2.11 bits per heavy atom. The summed E-state index contributed by atoms with van der Waals surface area (Å²) in [5.41, 5.74) is 2.06. The van der Waals surface area contributed by atoms with Crippen molar-refractivity contribution in [3.8, 4) is 11.5 Å². The Morgan fingerprint density at radius 1 is 1.22 bits per heavy atom. The maximum Gasteiger partial charge on any atom is 0.241 e. The summed E-state index contributed by atoms with van der Waals surface area (Å²) in [6, 6.07) is 10.3. The molecule has 36 heavy (non-hydrogen) atoms. The van der Waals surface area contributed by atoms with E-state index in [1.54, 1.807) is 12.4 Å². The number of fused-ring (bicyclic) bond motifs is 1. The van der Waals surface area contributed by atoms with Gasteiger partial charge in [-0.05, 0) is 61.4 Å². The molecule has 0 saturated carbocycles. The normalized spacial score (nSPS) is 21.4. The van der Waals surface area contributed by atoms with Crippen LogP contribution in [0.4, 0.5) is 5.69 Å². The van der Waals surface area contributed by atoms with Crippen LogP contribution in [0.1, 0.15) is 56.9 Å². The molecule has 2 fully saturated rings. The van der Waals surface area contributed by atoms with Crippen molar-refractivity contribution in [2.45, 2.75) is 57.4 Å². The van der Waals surface area contributed by atoms with Gasteiger partial charge in [0.25, 0.3) is 0 Å². The molecule has 2 atom stereocenters. The maximum atomic E-state index is 13.6. The summed E-state index contributed by atoms with van der Waals surface area (Å²) in [5.74, 6) is 2.24. The van der Waals surface area contributed by atoms with Gasteiger partial charge < -0.3 is 19.3 Å². The molecule has 5 rings (SSSR count). The fourth-order valence-corrected chi connectivity index (χ4v) is 5.62. The van der Waals surface area contributed by atoms with Gasteiger partial charge in [-0.1, -0.05) is 19.4 Å². The summed E-state index contributed by atoms with van der Waals surface area (Å²) in [5, 5.41) is 0. The molecule has 3 aliphatic heterocycles. The fourth-order valence-electron chi connectivity index (χ4n) is 5.62. The van der Waals surface area contributed by atoms with E-state index in [-0.39, 0.29) is 24.6 Å². The lowest BCUT2D eigenvalue weighted by atomic mass is 9.95. The summed E-state index contributed by atoms with van der Waals surface area (Å²) >= 11 is 0. The van der Waals surface area contributed by atoms with Crippen LogP contribution in [0.15, 0.2) is 42.7 Å².